The zero-order valence-electron chi connectivity index (χ0n) is 29.5. The van der Waals surface area contributed by atoms with Crippen molar-refractivity contribution in [1.82, 2.24) is 9.97 Å². The molecule has 10 rings (SSSR count). The van der Waals surface area contributed by atoms with Crippen LogP contribution in [0.2, 0.25) is 0 Å². The Hall–Kier alpha value is -7.16. The molecule has 10 aromatic rings. The number of nitrogens with zero attached hydrogens (tertiary/aromatic N) is 2. The van der Waals surface area contributed by atoms with Crippen LogP contribution in [-0.2, 0) is 0 Å². The third-order valence-electron chi connectivity index (χ3n) is 10.5. The summed E-state index contributed by atoms with van der Waals surface area (Å²) < 4.78 is 0. The number of hydrogen-bond acceptors (Lipinski definition) is 2. The lowest BCUT2D eigenvalue weighted by molar-refractivity contribution is 1.18. The number of benzene rings is 9. The number of aromatic nitrogens is 2. The molecule has 0 saturated heterocycles. The van der Waals surface area contributed by atoms with Gasteiger partial charge in [-0.1, -0.05) is 194 Å². The van der Waals surface area contributed by atoms with E-state index in [0.717, 1.165) is 28.1 Å². The quantitative estimate of drug-likeness (QED) is 0.129. The van der Waals surface area contributed by atoms with Crippen LogP contribution < -0.4 is 0 Å². The summed E-state index contributed by atoms with van der Waals surface area (Å²) in [6.07, 6.45) is 0. The predicted octanol–water partition coefficient (Wildman–Crippen LogP) is 13.9. The maximum absolute atomic E-state index is 5.18. The van der Waals surface area contributed by atoms with Gasteiger partial charge in [0.1, 0.15) is 0 Å². The number of fused-ring (bicyclic) bond motifs is 4. The molecule has 0 unspecified atom stereocenters. The van der Waals surface area contributed by atoms with E-state index in [-0.39, 0.29) is 0 Å². The average Bonchev–Trinajstić information content (AvgIpc) is 3.26. The summed E-state index contributed by atoms with van der Waals surface area (Å²) in [5.41, 5.74) is 12.1. The minimum atomic E-state index is 0.701. The lowest BCUT2D eigenvalue weighted by Gasteiger charge is -2.15. The van der Waals surface area contributed by atoms with Crippen molar-refractivity contribution >= 4 is 32.3 Å². The summed E-state index contributed by atoms with van der Waals surface area (Å²) in [5.74, 6) is 0.701. The van der Waals surface area contributed by atoms with E-state index in [1.807, 2.05) is 6.07 Å². The first-order chi connectivity index (χ1) is 26.7. The molecule has 1 heterocycles. The van der Waals surface area contributed by atoms with Gasteiger partial charge in [-0.2, -0.15) is 0 Å². The molecule has 0 bridgehead atoms. The molecule has 9 aromatic carbocycles. The molecule has 0 N–H and O–H groups in total. The van der Waals surface area contributed by atoms with Crippen LogP contribution in [0.4, 0.5) is 0 Å². The van der Waals surface area contributed by atoms with Crippen molar-refractivity contribution in [2.45, 2.75) is 0 Å². The first kappa shape index (κ1) is 31.6. The molecular weight excluding hydrogens is 653 g/mol. The third-order valence-corrected chi connectivity index (χ3v) is 10.5. The fraction of sp³-hybridized carbons (Fsp3) is 0. The molecule has 0 atom stereocenters. The van der Waals surface area contributed by atoms with Crippen molar-refractivity contribution < 1.29 is 0 Å². The van der Waals surface area contributed by atoms with Gasteiger partial charge >= 0.3 is 0 Å². The third kappa shape index (κ3) is 5.81. The molecule has 0 aliphatic carbocycles. The Balaban J connectivity index is 1.04. The van der Waals surface area contributed by atoms with E-state index in [4.69, 9.17) is 9.97 Å². The van der Waals surface area contributed by atoms with Crippen LogP contribution in [0.5, 0.6) is 0 Å². The highest BCUT2D eigenvalue weighted by Crippen LogP contribution is 2.41. The molecule has 2 nitrogen and oxygen atoms in total. The van der Waals surface area contributed by atoms with Gasteiger partial charge in [0, 0.05) is 16.7 Å². The van der Waals surface area contributed by atoms with Crippen LogP contribution in [0, 0.1) is 0 Å². The minimum Gasteiger partial charge on any atom is -0.228 e. The predicted molar refractivity (Wildman–Crippen MR) is 227 cm³/mol. The van der Waals surface area contributed by atoms with Gasteiger partial charge in [-0.15, -0.1) is 0 Å². The number of hydrogen-bond donors (Lipinski definition) is 0. The Morgan fingerprint density at radius 3 is 1.31 bits per heavy atom. The lowest BCUT2D eigenvalue weighted by Crippen LogP contribution is -1.96. The normalized spacial score (nSPS) is 11.3. The molecule has 0 amide bonds. The van der Waals surface area contributed by atoms with E-state index in [2.05, 4.69) is 200 Å². The van der Waals surface area contributed by atoms with Gasteiger partial charge in [-0.25, -0.2) is 9.97 Å². The standard InChI is InChI=1S/C52H34N2/c1-3-11-35(12-4-1)36-19-21-37(22-20-36)38-23-26-41(27-24-38)49-34-48(40-14-5-2-6-15-40)53-52(54-49)43-30-28-42(29-31-43)50-47-18-10-8-16-44(47)33-45-32-25-39-13-7-9-17-46(39)51(45)50/h1-34H. The Labute approximate surface area is 314 Å². The van der Waals surface area contributed by atoms with Crippen LogP contribution in [0.25, 0.3) is 99.6 Å². The minimum absolute atomic E-state index is 0.701. The summed E-state index contributed by atoms with van der Waals surface area (Å²) in [7, 11) is 0. The maximum atomic E-state index is 5.18. The van der Waals surface area contributed by atoms with Gasteiger partial charge in [0.2, 0.25) is 0 Å². The zero-order chi connectivity index (χ0) is 35.8. The van der Waals surface area contributed by atoms with Crippen molar-refractivity contribution in [3.63, 3.8) is 0 Å². The highest BCUT2D eigenvalue weighted by Gasteiger charge is 2.15. The van der Waals surface area contributed by atoms with Crippen LogP contribution >= 0.6 is 0 Å². The highest BCUT2D eigenvalue weighted by atomic mass is 14.9. The molecule has 0 aliphatic heterocycles. The van der Waals surface area contributed by atoms with E-state index in [9.17, 15) is 0 Å². The van der Waals surface area contributed by atoms with Crippen molar-refractivity contribution in [2.24, 2.45) is 0 Å². The smallest absolute Gasteiger partial charge is 0.160 e. The summed E-state index contributed by atoms with van der Waals surface area (Å²) in [6.45, 7) is 0. The second-order valence-corrected chi connectivity index (χ2v) is 13.8. The fourth-order valence-corrected chi connectivity index (χ4v) is 7.73. The molecule has 0 radical (unpaired) electrons. The molecule has 0 aliphatic rings. The fourth-order valence-electron chi connectivity index (χ4n) is 7.73. The molecule has 252 valence electrons. The van der Waals surface area contributed by atoms with E-state index in [0.29, 0.717) is 5.82 Å². The van der Waals surface area contributed by atoms with Gasteiger partial charge in [0.05, 0.1) is 11.4 Å². The summed E-state index contributed by atoms with van der Waals surface area (Å²) in [6, 6.07) is 73.4. The molecule has 2 heteroatoms. The van der Waals surface area contributed by atoms with Crippen LogP contribution in [-0.4, -0.2) is 9.97 Å². The van der Waals surface area contributed by atoms with Crippen molar-refractivity contribution in [1.29, 1.82) is 0 Å². The van der Waals surface area contributed by atoms with Gasteiger partial charge in [-0.3, -0.25) is 0 Å². The van der Waals surface area contributed by atoms with Crippen molar-refractivity contribution in [3.05, 3.63) is 206 Å². The Morgan fingerprint density at radius 1 is 0.259 bits per heavy atom. The van der Waals surface area contributed by atoms with Gasteiger partial charge in [0.15, 0.2) is 5.82 Å². The SMILES string of the molecule is c1ccc(-c2ccc(-c3ccc(-c4cc(-c5ccccc5)nc(-c5ccc(-c6c7ccccc7cc7ccc8ccccc8c67)cc5)n4)cc3)cc2)cc1. The second-order valence-electron chi connectivity index (χ2n) is 13.8. The van der Waals surface area contributed by atoms with Gasteiger partial charge in [0.25, 0.3) is 0 Å². The maximum Gasteiger partial charge on any atom is 0.160 e. The summed E-state index contributed by atoms with van der Waals surface area (Å²) in [4.78, 5) is 10.3. The van der Waals surface area contributed by atoms with E-state index in [1.165, 1.54) is 65.7 Å². The highest BCUT2D eigenvalue weighted by molar-refractivity contribution is 6.21. The van der Waals surface area contributed by atoms with E-state index >= 15 is 0 Å². The van der Waals surface area contributed by atoms with E-state index in [1.54, 1.807) is 0 Å². The molecule has 1 aromatic heterocycles. The molecule has 0 saturated carbocycles. The Kier molecular flexibility index (Phi) is 7.85. The molecule has 54 heavy (non-hydrogen) atoms. The van der Waals surface area contributed by atoms with Gasteiger partial charge in [-0.05, 0) is 77.8 Å². The molecule has 0 fully saturated rings. The van der Waals surface area contributed by atoms with Crippen LogP contribution in [0.15, 0.2) is 206 Å². The van der Waals surface area contributed by atoms with Crippen LogP contribution in [0.1, 0.15) is 0 Å². The molecule has 0 spiro atoms. The lowest BCUT2D eigenvalue weighted by atomic mass is 9.89. The monoisotopic (exact) mass is 686 g/mol. The summed E-state index contributed by atoms with van der Waals surface area (Å²) >= 11 is 0. The number of rotatable bonds is 6. The average molecular weight is 687 g/mol. The first-order valence-corrected chi connectivity index (χ1v) is 18.4. The van der Waals surface area contributed by atoms with Crippen molar-refractivity contribution in [3.8, 4) is 67.3 Å². The zero-order valence-corrected chi connectivity index (χ0v) is 29.5. The van der Waals surface area contributed by atoms with E-state index < -0.39 is 0 Å². The van der Waals surface area contributed by atoms with Crippen LogP contribution in [0.3, 0.4) is 0 Å². The Morgan fingerprint density at radius 2 is 0.685 bits per heavy atom. The Bertz CT molecular complexity index is 2930. The first-order valence-electron chi connectivity index (χ1n) is 18.4. The van der Waals surface area contributed by atoms with Gasteiger partial charge < -0.3 is 0 Å². The van der Waals surface area contributed by atoms with Crippen molar-refractivity contribution in [2.75, 3.05) is 0 Å². The second kappa shape index (κ2) is 13.4. The summed E-state index contributed by atoms with van der Waals surface area (Å²) in [5, 5.41) is 7.50. The topological polar surface area (TPSA) is 25.8 Å². The molecular formula is C52H34N2. The largest absolute Gasteiger partial charge is 0.228 e.